The lowest BCUT2D eigenvalue weighted by Crippen LogP contribution is -2.44. The SMILES string of the molecule is COc1cc(Cl)c(I)cc1NCC(=O)N1CCC(N)CC1. The van der Waals surface area contributed by atoms with Crippen LogP contribution in [-0.2, 0) is 4.79 Å². The van der Waals surface area contributed by atoms with Gasteiger partial charge < -0.3 is 20.7 Å². The highest BCUT2D eigenvalue weighted by molar-refractivity contribution is 14.1. The summed E-state index contributed by atoms with van der Waals surface area (Å²) in [6, 6.07) is 3.84. The molecule has 116 valence electrons. The van der Waals surface area contributed by atoms with Gasteiger partial charge in [-0.15, -0.1) is 0 Å². The van der Waals surface area contributed by atoms with Crippen molar-refractivity contribution in [1.82, 2.24) is 4.90 Å². The monoisotopic (exact) mass is 423 g/mol. The molecule has 1 fully saturated rings. The first kappa shape index (κ1) is 16.6. The molecular weight excluding hydrogens is 405 g/mol. The van der Waals surface area contributed by atoms with Crippen LogP contribution in [0, 0.1) is 3.57 Å². The Hall–Kier alpha value is -0.730. The Bertz CT molecular complexity index is 519. The van der Waals surface area contributed by atoms with E-state index in [1.807, 2.05) is 11.0 Å². The van der Waals surface area contributed by atoms with E-state index in [1.165, 1.54) is 0 Å². The summed E-state index contributed by atoms with van der Waals surface area (Å²) >= 11 is 8.21. The largest absolute Gasteiger partial charge is 0.495 e. The Morgan fingerprint density at radius 1 is 1.52 bits per heavy atom. The Balaban J connectivity index is 1.96. The highest BCUT2D eigenvalue weighted by Gasteiger charge is 2.20. The van der Waals surface area contributed by atoms with E-state index in [-0.39, 0.29) is 18.5 Å². The van der Waals surface area contributed by atoms with Gasteiger partial charge in [-0.2, -0.15) is 0 Å². The Morgan fingerprint density at radius 3 is 2.81 bits per heavy atom. The van der Waals surface area contributed by atoms with Crippen LogP contribution in [0.3, 0.4) is 0 Å². The first-order chi connectivity index (χ1) is 10.0. The molecule has 1 heterocycles. The lowest BCUT2D eigenvalue weighted by molar-refractivity contribution is -0.130. The van der Waals surface area contributed by atoms with Crippen LogP contribution in [0.1, 0.15) is 12.8 Å². The van der Waals surface area contributed by atoms with E-state index in [0.29, 0.717) is 10.8 Å². The first-order valence-electron chi connectivity index (χ1n) is 6.81. The molecule has 7 heteroatoms. The van der Waals surface area contributed by atoms with Gasteiger partial charge in [0.25, 0.3) is 0 Å². The van der Waals surface area contributed by atoms with Crippen molar-refractivity contribution in [2.75, 3.05) is 32.1 Å². The lowest BCUT2D eigenvalue weighted by atomic mass is 10.1. The van der Waals surface area contributed by atoms with E-state index in [4.69, 9.17) is 22.1 Å². The van der Waals surface area contributed by atoms with Gasteiger partial charge in [-0.3, -0.25) is 4.79 Å². The molecule has 1 aromatic carbocycles. The summed E-state index contributed by atoms with van der Waals surface area (Å²) in [6.45, 7) is 1.71. The number of halogens is 2. The van der Waals surface area contributed by atoms with Crippen LogP contribution in [-0.4, -0.2) is 43.6 Å². The smallest absolute Gasteiger partial charge is 0.241 e. The number of nitrogens with zero attached hydrogens (tertiary/aromatic N) is 1. The van der Waals surface area contributed by atoms with E-state index in [1.54, 1.807) is 13.2 Å². The summed E-state index contributed by atoms with van der Waals surface area (Å²) in [6.07, 6.45) is 1.74. The number of likely N-dealkylation sites (tertiary alicyclic amines) is 1. The van der Waals surface area contributed by atoms with Gasteiger partial charge in [0, 0.05) is 28.8 Å². The summed E-state index contributed by atoms with van der Waals surface area (Å²) in [5, 5.41) is 3.76. The van der Waals surface area contributed by atoms with Crippen LogP contribution in [0.5, 0.6) is 5.75 Å². The number of carbonyl (C=O) groups is 1. The summed E-state index contributed by atoms with van der Waals surface area (Å²) < 4.78 is 6.19. The summed E-state index contributed by atoms with van der Waals surface area (Å²) in [5.41, 5.74) is 6.62. The summed E-state index contributed by atoms with van der Waals surface area (Å²) in [5.74, 6) is 0.711. The normalized spacial score (nSPS) is 15.9. The minimum Gasteiger partial charge on any atom is -0.495 e. The zero-order valence-corrected chi connectivity index (χ0v) is 14.8. The van der Waals surface area contributed by atoms with Crippen molar-refractivity contribution in [3.63, 3.8) is 0 Å². The molecule has 21 heavy (non-hydrogen) atoms. The maximum absolute atomic E-state index is 12.2. The number of methoxy groups -OCH3 is 1. The molecule has 0 atom stereocenters. The molecule has 0 aromatic heterocycles. The van der Waals surface area contributed by atoms with E-state index in [2.05, 4.69) is 27.9 Å². The number of benzene rings is 1. The van der Waals surface area contributed by atoms with Crippen LogP contribution in [0.25, 0.3) is 0 Å². The second kappa shape index (κ2) is 7.51. The second-order valence-corrected chi connectivity index (χ2v) is 6.61. The topological polar surface area (TPSA) is 67.6 Å². The first-order valence-corrected chi connectivity index (χ1v) is 8.27. The molecule has 0 saturated carbocycles. The fourth-order valence-corrected chi connectivity index (χ4v) is 2.89. The number of nitrogens with two attached hydrogens (primary N) is 1. The number of amides is 1. The molecule has 1 aliphatic heterocycles. The van der Waals surface area contributed by atoms with Crippen molar-refractivity contribution < 1.29 is 9.53 Å². The van der Waals surface area contributed by atoms with Crippen LogP contribution in [0.2, 0.25) is 5.02 Å². The van der Waals surface area contributed by atoms with Gasteiger partial charge in [-0.05, 0) is 41.5 Å². The van der Waals surface area contributed by atoms with Crippen molar-refractivity contribution in [2.45, 2.75) is 18.9 Å². The van der Waals surface area contributed by atoms with E-state index in [9.17, 15) is 4.79 Å². The maximum Gasteiger partial charge on any atom is 0.241 e. The standard InChI is InChI=1S/C14H19ClIN3O2/c1-21-13-6-10(15)11(16)7-12(13)18-8-14(20)19-4-2-9(17)3-5-19/h6-7,9,18H,2-5,8,17H2,1H3. The predicted molar refractivity (Wildman–Crippen MR) is 93.0 cm³/mol. The average Bonchev–Trinajstić information content (AvgIpc) is 2.48. The highest BCUT2D eigenvalue weighted by Crippen LogP contribution is 2.32. The van der Waals surface area contributed by atoms with Gasteiger partial charge in [0.1, 0.15) is 5.75 Å². The second-order valence-electron chi connectivity index (χ2n) is 5.04. The average molecular weight is 424 g/mol. The molecule has 0 spiro atoms. The molecule has 1 amide bonds. The van der Waals surface area contributed by atoms with Gasteiger partial charge in [0.2, 0.25) is 5.91 Å². The molecule has 5 nitrogen and oxygen atoms in total. The zero-order chi connectivity index (χ0) is 15.4. The summed E-state index contributed by atoms with van der Waals surface area (Å²) in [4.78, 5) is 14.0. The molecule has 1 aromatic rings. The molecule has 0 aliphatic carbocycles. The molecule has 0 bridgehead atoms. The fraction of sp³-hybridized carbons (Fsp3) is 0.500. The van der Waals surface area contributed by atoms with Gasteiger partial charge in [0.05, 0.1) is 24.4 Å². The number of hydrogen-bond acceptors (Lipinski definition) is 4. The third-order valence-electron chi connectivity index (χ3n) is 3.56. The number of carbonyl (C=O) groups excluding carboxylic acids is 1. The number of nitrogens with one attached hydrogen (secondary N) is 1. The van der Waals surface area contributed by atoms with Crippen LogP contribution in [0.15, 0.2) is 12.1 Å². The molecule has 3 N–H and O–H groups in total. The highest BCUT2D eigenvalue weighted by atomic mass is 127. The number of rotatable bonds is 4. The van der Waals surface area contributed by atoms with E-state index >= 15 is 0 Å². The molecule has 2 rings (SSSR count). The number of piperidine rings is 1. The number of hydrogen-bond donors (Lipinski definition) is 2. The molecule has 0 unspecified atom stereocenters. The van der Waals surface area contributed by atoms with Crippen molar-refractivity contribution in [3.05, 3.63) is 20.7 Å². The number of anilines is 1. The quantitative estimate of drug-likeness (QED) is 0.730. The summed E-state index contributed by atoms with van der Waals surface area (Å²) in [7, 11) is 1.58. The lowest BCUT2D eigenvalue weighted by Gasteiger charge is -2.30. The third-order valence-corrected chi connectivity index (χ3v) is 5.09. The molecular formula is C14H19ClIN3O2. The van der Waals surface area contributed by atoms with Crippen molar-refractivity contribution in [3.8, 4) is 5.75 Å². The fourth-order valence-electron chi connectivity index (χ4n) is 2.27. The van der Waals surface area contributed by atoms with Gasteiger partial charge in [-0.1, -0.05) is 11.6 Å². The maximum atomic E-state index is 12.2. The van der Waals surface area contributed by atoms with Gasteiger partial charge in [0.15, 0.2) is 0 Å². The van der Waals surface area contributed by atoms with Crippen LogP contribution in [0.4, 0.5) is 5.69 Å². The Morgan fingerprint density at radius 2 is 2.19 bits per heavy atom. The van der Waals surface area contributed by atoms with E-state index < -0.39 is 0 Å². The minimum atomic E-state index is 0.0777. The number of ether oxygens (including phenoxy) is 1. The van der Waals surface area contributed by atoms with Gasteiger partial charge >= 0.3 is 0 Å². The van der Waals surface area contributed by atoms with E-state index in [0.717, 1.165) is 35.2 Å². The van der Waals surface area contributed by atoms with Crippen LogP contribution < -0.4 is 15.8 Å². The third kappa shape index (κ3) is 4.37. The molecule has 1 aliphatic rings. The van der Waals surface area contributed by atoms with Crippen molar-refractivity contribution >= 4 is 45.8 Å². The van der Waals surface area contributed by atoms with Crippen molar-refractivity contribution in [1.29, 1.82) is 0 Å². The molecule has 0 radical (unpaired) electrons. The Labute approximate surface area is 143 Å². The van der Waals surface area contributed by atoms with Crippen molar-refractivity contribution in [2.24, 2.45) is 5.73 Å². The zero-order valence-electron chi connectivity index (χ0n) is 11.9. The van der Waals surface area contributed by atoms with Crippen LogP contribution >= 0.6 is 34.2 Å². The molecule has 1 saturated heterocycles. The van der Waals surface area contributed by atoms with Gasteiger partial charge in [-0.25, -0.2) is 0 Å². The predicted octanol–water partition coefficient (Wildman–Crippen LogP) is 2.31. The Kier molecular flexibility index (Phi) is 5.95. The minimum absolute atomic E-state index is 0.0777.